The summed E-state index contributed by atoms with van der Waals surface area (Å²) in [6.07, 6.45) is 0.689. The molecule has 0 bridgehead atoms. The standard InChI is InChI=1S/C11H11BrN2O2/c12-7-2-3-9-8(6-7)10(15)11(16)14(9)5-1-4-13/h2-3,6H,1,4-5,13H2. The van der Waals surface area contributed by atoms with E-state index >= 15 is 0 Å². The Balaban J connectivity index is 2.38. The van der Waals surface area contributed by atoms with Crippen LogP contribution in [0.1, 0.15) is 16.8 Å². The number of ketones is 1. The van der Waals surface area contributed by atoms with Crippen molar-refractivity contribution in [1.29, 1.82) is 0 Å². The molecule has 1 aliphatic rings. The van der Waals surface area contributed by atoms with Gasteiger partial charge in [0.1, 0.15) is 0 Å². The number of rotatable bonds is 3. The predicted molar refractivity (Wildman–Crippen MR) is 64.5 cm³/mol. The Kier molecular flexibility index (Phi) is 3.07. The summed E-state index contributed by atoms with van der Waals surface area (Å²) in [6.45, 7) is 1.000. The van der Waals surface area contributed by atoms with Crippen LogP contribution in [-0.4, -0.2) is 24.8 Å². The maximum Gasteiger partial charge on any atom is 0.299 e. The number of fused-ring (bicyclic) bond motifs is 1. The molecule has 0 unspecified atom stereocenters. The summed E-state index contributed by atoms with van der Waals surface area (Å²) in [7, 11) is 0. The van der Waals surface area contributed by atoms with Crippen molar-refractivity contribution in [2.45, 2.75) is 6.42 Å². The molecule has 1 aromatic carbocycles. The van der Waals surface area contributed by atoms with E-state index in [0.29, 0.717) is 30.8 Å². The summed E-state index contributed by atoms with van der Waals surface area (Å²) in [6, 6.07) is 5.27. The normalized spacial score (nSPS) is 14.5. The van der Waals surface area contributed by atoms with Gasteiger partial charge < -0.3 is 10.6 Å². The van der Waals surface area contributed by atoms with Crippen molar-refractivity contribution in [3.63, 3.8) is 0 Å². The first-order chi connectivity index (χ1) is 7.65. The molecule has 1 aliphatic heterocycles. The molecule has 0 radical (unpaired) electrons. The fourth-order valence-electron chi connectivity index (χ4n) is 1.74. The lowest BCUT2D eigenvalue weighted by Gasteiger charge is -2.15. The summed E-state index contributed by atoms with van der Waals surface area (Å²) in [4.78, 5) is 24.9. The van der Waals surface area contributed by atoms with Crippen LogP contribution in [0.4, 0.5) is 5.69 Å². The van der Waals surface area contributed by atoms with Crippen LogP contribution >= 0.6 is 15.9 Å². The fraction of sp³-hybridized carbons (Fsp3) is 0.273. The van der Waals surface area contributed by atoms with Gasteiger partial charge in [0, 0.05) is 11.0 Å². The Morgan fingerprint density at radius 3 is 2.75 bits per heavy atom. The number of Topliss-reactive ketones (excluding diaryl/α,β-unsaturated/α-hetero) is 1. The smallest absolute Gasteiger partial charge is 0.299 e. The third kappa shape index (κ3) is 1.76. The van der Waals surface area contributed by atoms with E-state index in [4.69, 9.17) is 5.73 Å². The van der Waals surface area contributed by atoms with Gasteiger partial charge in [0.2, 0.25) is 0 Å². The number of nitrogens with zero attached hydrogens (tertiary/aromatic N) is 1. The SMILES string of the molecule is NCCCN1C(=O)C(=O)c2cc(Br)ccc21. The molecule has 0 saturated heterocycles. The first-order valence-electron chi connectivity index (χ1n) is 5.01. The van der Waals surface area contributed by atoms with Gasteiger partial charge in [0.15, 0.2) is 0 Å². The summed E-state index contributed by atoms with van der Waals surface area (Å²) >= 11 is 3.28. The van der Waals surface area contributed by atoms with Crippen molar-refractivity contribution in [3.8, 4) is 0 Å². The van der Waals surface area contributed by atoms with E-state index in [0.717, 1.165) is 4.47 Å². The number of nitrogens with two attached hydrogens (primary N) is 1. The molecule has 16 heavy (non-hydrogen) atoms. The number of halogens is 1. The second-order valence-corrected chi connectivity index (χ2v) is 4.51. The molecule has 1 amide bonds. The molecule has 5 heteroatoms. The van der Waals surface area contributed by atoms with Gasteiger partial charge in [-0.1, -0.05) is 15.9 Å². The number of hydrogen-bond acceptors (Lipinski definition) is 3. The molecular formula is C11H11BrN2O2. The van der Waals surface area contributed by atoms with Crippen LogP contribution in [0.3, 0.4) is 0 Å². The van der Waals surface area contributed by atoms with Crippen LogP contribution in [0.15, 0.2) is 22.7 Å². The van der Waals surface area contributed by atoms with E-state index < -0.39 is 11.7 Å². The number of anilines is 1. The van der Waals surface area contributed by atoms with Crippen LogP contribution < -0.4 is 10.6 Å². The number of hydrogen-bond donors (Lipinski definition) is 1. The lowest BCUT2D eigenvalue weighted by Crippen LogP contribution is -2.31. The molecule has 0 saturated carbocycles. The molecule has 0 spiro atoms. The maximum atomic E-state index is 11.7. The van der Waals surface area contributed by atoms with Crippen molar-refractivity contribution in [1.82, 2.24) is 0 Å². The van der Waals surface area contributed by atoms with Gasteiger partial charge >= 0.3 is 0 Å². The van der Waals surface area contributed by atoms with Gasteiger partial charge in [-0.05, 0) is 31.2 Å². The Morgan fingerprint density at radius 2 is 2.06 bits per heavy atom. The average Bonchev–Trinajstić information content (AvgIpc) is 2.50. The molecule has 0 atom stereocenters. The Labute approximate surface area is 102 Å². The van der Waals surface area contributed by atoms with Crippen molar-refractivity contribution in [2.75, 3.05) is 18.0 Å². The molecule has 0 fully saturated rings. The number of amides is 1. The molecule has 2 rings (SSSR count). The number of benzene rings is 1. The van der Waals surface area contributed by atoms with Gasteiger partial charge in [-0.3, -0.25) is 9.59 Å². The lowest BCUT2D eigenvalue weighted by molar-refractivity contribution is -0.114. The van der Waals surface area contributed by atoms with Crippen molar-refractivity contribution < 1.29 is 9.59 Å². The first-order valence-corrected chi connectivity index (χ1v) is 5.80. The quantitative estimate of drug-likeness (QED) is 0.851. The minimum absolute atomic E-state index is 0.437. The Hall–Kier alpha value is -1.20. The van der Waals surface area contributed by atoms with Gasteiger partial charge in [-0.2, -0.15) is 0 Å². The van der Waals surface area contributed by atoms with Gasteiger partial charge in [0.05, 0.1) is 11.3 Å². The Morgan fingerprint density at radius 1 is 1.31 bits per heavy atom. The van der Waals surface area contributed by atoms with Crippen LogP contribution in [-0.2, 0) is 4.79 Å². The van der Waals surface area contributed by atoms with Gasteiger partial charge in [-0.25, -0.2) is 0 Å². The van der Waals surface area contributed by atoms with Crippen LogP contribution in [0.5, 0.6) is 0 Å². The molecule has 0 aromatic heterocycles. The zero-order valence-corrected chi connectivity index (χ0v) is 10.2. The van der Waals surface area contributed by atoms with E-state index in [1.54, 1.807) is 12.1 Å². The van der Waals surface area contributed by atoms with Crippen molar-refractivity contribution in [2.24, 2.45) is 5.73 Å². The highest BCUT2D eigenvalue weighted by molar-refractivity contribution is 9.10. The van der Waals surface area contributed by atoms with Gasteiger partial charge in [-0.15, -0.1) is 0 Å². The average molecular weight is 283 g/mol. The zero-order valence-electron chi connectivity index (χ0n) is 8.57. The highest BCUT2D eigenvalue weighted by atomic mass is 79.9. The number of carbonyl (C=O) groups is 2. The Bertz CT molecular complexity index is 459. The summed E-state index contributed by atoms with van der Waals surface area (Å²) in [5.41, 5.74) is 6.56. The third-order valence-electron chi connectivity index (χ3n) is 2.52. The molecule has 4 nitrogen and oxygen atoms in total. The largest absolute Gasteiger partial charge is 0.330 e. The van der Waals surface area contributed by atoms with Crippen molar-refractivity contribution in [3.05, 3.63) is 28.2 Å². The maximum absolute atomic E-state index is 11.7. The number of carbonyl (C=O) groups excluding carboxylic acids is 2. The van der Waals surface area contributed by atoms with Gasteiger partial charge in [0.25, 0.3) is 11.7 Å². The zero-order chi connectivity index (χ0) is 11.7. The molecule has 0 aliphatic carbocycles. The minimum Gasteiger partial charge on any atom is -0.330 e. The summed E-state index contributed by atoms with van der Waals surface area (Å²) in [5.74, 6) is -0.894. The van der Waals surface area contributed by atoms with Crippen LogP contribution in [0, 0.1) is 0 Å². The highest BCUT2D eigenvalue weighted by Gasteiger charge is 2.35. The molecule has 1 heterocycles. The van der Waals surface area contributed by atoms with E-state index in [2.05, 4.69) is 15.9 Å². The van der Waals surface area contributed by atoms with Crippen molar-refractivity contribution >= 4 is 33.3 Å². The monoisotopic (exact) mass is 282 g/mol. The third-order valence-corrected chi connectivity index (χ3v) is 3.01. The predicted octanol–water partition coefficient (Wildman–Crippen LogP) is 1.33. The lowest BCUT2D eigenvalue weighted by atomic mass is 10.1. The topological polar surface area (TPSA) is 63.4 Å². The summed E-state index contributed by atoms with van der Waals surface area (Å²) in [5, 5.41) is 0. The van der Waals surface area contributed by atoms with Crippen LogP contribution in [0.2, 0.25) is 0 Å². The van der Waals surface area contributed by atoms with E-state index in [1.807, 2.05) is 6.07 Å². The molecule has 2 N–H and O–H groups in total. The molecule has 1 aromatic rings. The second kappa shape index (κ2) is 4.35. The second-order valence-electron chi connectivity index (χ2n) is 3.59. The minimum atomic E-state index is -0.457. The van der Waals surface area contributed by atoms with E-state index in [-0.39, 0.29) is 0 Å². The van der Waals surface area contributed by atoms with E-state index in [1.165, 1.54) is 4.90 Å². The fourth-order valence-corrected chi connectivity index (χ4v) is 2.11. The van der Waals surface area contributed by atoms with Crippen LogP contribution in [0.25, 0.3) is 0 Å². The summed E-state index contributed by atoms with van der Waals surface area (Å²) < 4.78 is 0.799. The first kappa shape index (κ1) is 11.3. The highest BCUT2D eigenvalue weighted by Crippen LogP contribution is 2.31. The van der Waals surface area contributed by atoms with E-state index in [9.17, 15) is 9.59 Å². The molecular weight excluding hydrogens is 272 g/mol. The molecule has 84 valence electrons.